The molecule has 1 aromatic carbocycles. The van der Waals surface area contributed by atoms with E-state index in [0.29, 0.717) is 0 Å². The topological polar surface area (TPSA) is 25.8 Å². The van der Waals surface area contributed by atoms with Crippen LogP contribution in [-0.4, -0.2) is 9.97 Å². The summed E-state index contributed by atoms with van der Waals surface area (Å²) in [7, 11) is 0. The van der Waals surface area contributed by atoms with Crippen LogP contribution in [0.15, 0.2) is 46.7 Å². The van der Waals surface area contributed by atoms with Gasteiger partial charge in [-0.3, -0.25) is 0 Å². The quantitative estimate of drug-likeness (QED) is 0.649. The number of thiazole rings is 2. The van der Waals surface area contributed by atoms with E-state index in [1.807, 2.05) is 36.1 Å². The van der Waals surface area contributed by atoms with E-state index >= 15 is 0 Å². The molecule has 0 saturated heterocycles. The number of hydrogen-bond acceptors (Lipinski definition) is 4. The maximum Gasteiger partial charge on any atom is 0.0811 e. The van der Waals surface area contributed by atoms with Crippen LogP contribution in [0, 0.1) is 13.8 Å². The predicted molar refractivity (Wildman–Crippen MR) is 79.1 cm³/mol. The van der Waals surface area contributed by atoms with Crippen LogP contribution in [0.5, 0.6) is 0 Å². The van der Waals surface area contributed by atoms with Crippen molar-refractivity contribution < 1.29 is 0 Å². The Hall–Kier alpha value is -1.52. The second kappa shape index (κ2) is 6.42. The zero-order valence-electron chi connectivity index (χ0n) is 10.3. The highest BCUT2D eigenvalue weighted by atomic mass is 32.1. The van der Waals surface area contributed by atoms with Crippen molar-refractivity contribution in [2.45, 2.75) is 13.8 Å². The largest absolute Gasteiger partial charge is 0.250 e. The lowest BCUT2D eigenvalue weighted by Crippen LogP contribution is -1.73. The summed E-state index contributed by atoms with van der Waals surface area (Å²) >= 11 is 3.32. The summed E-state index contributed by atoms with van der Waals surface area (Å²) in [6.45, 7) is 4.10. The molecule has 0 spiro atoms. The third-order valence-electron chi connectivity index (χ3n) is 2.49. The van der Waals surface area contributed by atoms with Crippen molar-refractivity contribution in [1.82, 2.24) is 9.97 Å². The minimum atomic E-state index is 1.07. The van der Waals surface area contributed by atoms with Gasteiger partial charge in [-0.1, -0.05) is 30.3 Å². The van der Waals surface area contributed by atoms with Crippen molar-refractivity contribution >= 4 is 22.7 Å². The molecule has 0 saturated carbocycles. The normalized spacial score (nSPS) is 9.67. The molecule has 0 amide bonds. The first-order chi connectivity index (χ1) is 8.77. The van der Waals surface area contributed by atoms with Crippen molar-refractivity contribution in [3.8, 4) is 11.3 Å². The first-order valence-corrected chi connectivity index (χ1v) is 7.40. The van der Waals surface area contributed by atoms with Crippen molar-refractivity contribution in [3.63, 3.8) is 0 Å². The minimum Gasteiger partial charge on any atom is -0.250 e. The zero-order chi connectivity index (χ0) is 12.8. The van der Waals surface area contributed by atoms with Gasteiger partial charge in [-0.25, -0.2) is 9.97 Å². The van der Waals surface area contributed by atoms with Crippen molar-refractivity contribution in [1.29, 1.82) is 0 Å². The van der Waals surface area contributed by atoms with Gasteiger partial charge in [0.2, 0.25) is 0 Å². The van der Waals surface area contributed by atoms with E-state index in [0.717, 1.165) is 11.4 Å². The van der Waals surface area contributed by atoms with E-state index in [4.69, 9.17) is 0 Å². The molecule has 2 aromatic heterocycles. The fraction of sp³-hybridized carbons (Fsp3) is 0.143. The lowest BCUT2D eigenvalue weighted by molar-refractivity contribution is 1.23. The molecule has 0 aliphatic rings. The number of aromatic nitrogens is 2. The van der Waals surface area contributed by atoms with E-state index in [-0.39, 0.29) is 0 Å². The van der Waals surface area contributed by atoms with E-state index < -0.39 is 0 Å². The van der Waals surface area contributed by atoms with Gasteiger partial charge in [-0.05, 0) is 13.8 Å². The highest BCUT2D eigenvalue weighted by molar-refractivity contribution is 7.09. The smallest absolute Gasteiger partial charge is 0.0811 e. The fourth-order valence-corrected chi connectivity index (χ4v) is 2.48. The summed E-state index contributed by atoms with van der Waals surface area (Å²) in [5, 5.41) is 2.05. The summed E-state index contributed by atoms with van der Waals surface area (Å²) < 4.78 is 0. The predicted octanol–water partition coefficient (Wildman–Crippen LogP) is 4.57. The van der Waals surface area contributed by atoms with Crippen LogP contribution in [0.2, 0.25) is 0 Å². The number of benzene rings is 1. The number of hydrogen-bond donors (Lipinski definition) is 0. The Morgan fingerprint density at radius 3 is 2.17 bits per heavy atom. The molecule has 0 aliphatic heterocycles. The van der Waals surface area contributed by atoms with Crippen LogP contribution in [0.4, 0.5) is 0 Å². The van der Waals surface area contributed by atoms with Gasteiger partial charge in [0.1, 0.15) is 0 Å². The van der Waals surface area contributed by atoms with Crippen molar-refractivity contribution in [3.05, 3.63) is 57.3 Å². The lowest BCUT2D eigenvalue weighted by atomic mass is 10.2. The van der Waals surface area contributed by atoms with Gasteiger partial charge in [-0.15, -0.1) is 22.7 Å². The molecule has 3 aromatic rings. The molecule has 3 rings (SSSR count). The summed E-state index contributed by atoms with van der Waals surface area (Å²) in [6, 6.07) is 10.2. The van der Waals surface area contributed by atoms with Gasteiger partial charge in [-0.2, -0.15) is 0 Å². The van der Waals surface area contributed by atoms with Crippen LogP contribution in [0.25, 0.3) is 11.3 Å². The van der Waals surface area contributed by atoms with Crippen molar-refractivity contribution in [2.24, 2.45) is 0 Å². The Labute approximate surface area is 115 Å². The van der Waals surface area contributed by atoms with Gasteiger partial charge in [0.05, 0.1) is 22.4 Å². The van der Waals surface area contributed by atoms with Crippen LogP contribution >= 0.6 is 22.7 Å². The first kappa shape index (κ1) is 12.9. The van der Waals surface area contributed by atoms with Crippen LogP contribution < -0.4 is 0 Å². The summed E-state index contributed by atoms with van der Waals surface area (Å²) in [4.78, 5) is 9.56. The number of aryl methyl sites for hydroxylation is 2. The maximum atomic E-state index is 4.20. The third kappa shape index (κ3) is 3.48. The molecule has 0 N–H and O–H groups in total. The van der Waals surface area contributed by atoms with Crippen molar-refractivity contribution in [2.75, 3.05) is 0 Å². The molecule has 0 bridgehead atoms. The average molecular weight is 274 g/mol. The molecule has 18 heavy (non-hydrogen) atoms. The molecule has 92 valence electrons. The summed E-state index contributed by atoms with van der Waals surface area (Å²) in [5.41, 5.74) is 7.13. The van der Waals surface area contributed by atoms with Crippen LogP contribution in [0.3, 0.4) is 0 Å². The second-order valence-corrected chi connectivity index (χ2v) is 5.51. The fourth-order valence-electron chi connectivity index (χ4n) is 1.32. The first-order valence-electron chi connectivity index (χ1n) is 5.57. The molecule has 0 atom stereocenters. The van der Waals surface area contributed by atoms with Gasteiger partial charge >= 0.3 is 0 Å². The van der Waals surface area contributed by atoms with E-state index in [1.54, 1.807) is 22.7 Å². The molecule has 4 heteroatoms. The molecule has 0 unspecified atom stereocenters. The van der Waals surface area contributed by atoms with E-state index in [9.17, 15) is 0 Å². The number of rotatable bonds is 1. The second-order valence-electron chi connectivity index (χ2n) is 3.73. The summed E-state index contributed by atoms with van der Waals surface area (Å²) in [6.07, 6.45) is 0. The Morgan fingerprint density at radius 1 is 0.944 bits per heavy atom. The maximum absolute atomic E-state index is 4.20. The molecule has 0 aliphatic carbocycles. The molecule has 0 radical (unpaired) electrons. The molecule has 2 nitrogen and oxygen atoms in total. The van der Waals surface area contributed by atoms with Gasteiger partial charge in [0, 0.05) is 15.8 Å². The Morgan fingerprint density at radius 2 is 1.72 bits per heavy atom. The van der Waals surface area contributed by atoms with Gasteiger partial charge < -0.3 is 0 Å². The van der Waals surface area contributed by atoms with Crippen LogP contribution in [-0.2, 0) is 0 Å². The minimum absolute atomic E-state index is 1.07. The van der Waals surface area contributed by atoms with E-state index in [2.05, 4.69) is 34.4 Å². The highest BCUT2D eigenvalue weighted by Gasteiger charge is 1.95. The highest BCUT2D eigenvalue weighted by Crippen LogP contribution is 2.17. The SMILES string of the molecule is Cc1ncsc1C.c1ccc(-c2cscn2)cc1. The molecular weight excluding hydrogens is 260 g/mol. The lowest BCUT2D eigenvalue weighted by Gasteiger charge is -1.92. The van der Waals surface area contributed by atoms with Crippen LogP contribution in [0.1, 0.15) is 10.6 Å². The Kier molecular flexibility index (Phi) is 4.61. The third-order valence-corrected chi connectivity index (χ3v) is 3.93. The standard InChI is InChI=1S/C9H7NS.C5H7NS/c1-2-4-8(5-3-1)9-6-11-7-10-9;1-4-5(2)7-3-6-4/h1-7H;3H,1-2H3. The molecule has 0 fully saturated rings. The molecule has 2 heterocycles. The Bertz CT molecular complexity index is 554. The van der Waals surface area contributed by atoms with Gasteiger partial charge in [0.15, 0.2) is 0 Å². The Balaban J connectivity index is 0.000000149. The monoisotopic (exact) mass is 274 g/mol. The van der Waals surface area contributed by atoms with E-state index in [1.165, 1.54) is 10.4 Å². The summed E-state index contributed by atoms with van der Waals surface area (Å²) in [5.74, 6) is 0. The van der Waals surface area contributed by atoms with Gasteiger partial charge in [0.25, 0.3) is 0 Å². The number of nitrogens with zero attached hydrogens (tertiary/aromatic N) is 2. The average Bonchev–Trinajstić information content (AvgIpc) is 3.05. The zero-order valence-corrected chi connectivity index (χ0v) is 12.0. The molecular formula is C14H14N2S2.